The number of ether oxygens (including phenoxy) is 1. The minimum atomic E-state index is -3.82. The molecule has 0 spiro atoms. The Labute approximate surface area is 143 Å². The van der Waals surface area contributed by atoms with Crippen LogP contribution in [0.4, 0.5) is 5.69 Å². The first-order valence-corrected chi connectivity index (χ1v) is 9.28. The predicted molar refractivity (Wildman–Crippen MR) is 93.0 cm³/mol. The lowest BCUT2D eigenvalue weighted by Crippen LogP contribution is -2.28. The highest BCUT2D eigenvalue weighted by Crippen LogP contribution is 2.24. The zero-order chi connectivity index (χ0) is 18.3. The summed E-state index contributed by atoms with van der Waals surface area (Å²) in [6.07, 6.45) is 0.695. The topological polar surface area (TPSA) is 105 Å². The van der Waals surface area contributed by atoms with Crippen LogP contribution in [-0.4, -0.2) is 45.8 Å². The van der Waals surface area contributed by atoms with E-state index in [-0.39, 0.29) is 16.5 Å². The van der Waals surface area contributed by atoms with Crippen molar-refractivity contribution in [2.75, 3.05) is 25.6 Å². The number of hydrogen-bond acceptors (Lipinski definition) is 5. The van der Waals surface area contributed by atoms with Crippen LogP contribution in [0, 0.1) is 5.92 Å². The third kappa shape index (κ3) is 6.10. The van der Waals surface area contributed by atoms with Crippen LogP contribution < -0.4 is 10.0 Å². The normalized spacial score (nSPS) is 13.0. The Bertz CT molecular complexity index is 658. The Morgan fingerprint density at radius 3 is 2.50 bits per heavy atom. The van der Waals surface area contributed by atoms with Crippen molar-refractivity contribution in [3.63, 3.8) is 0 Å². The molecule has 0 aromatic heterocycles. The van der Waals surface area contributed by atoms with E-state index in [1.807, 2.05) is 20.8 Å². The molecule has 0 aliphatic carbocycles. The van der Waals surface area contributed by atoms with Gasteiger partial charge in [0.25, 0.3) is 0 Å². The number of benzene rings is 1. The van der Waals surface area contributed by atoms with Crippen molar-refractivity contribution in [3.05, 3.63) is 23.8 Å². The molecule has 0 unspecified atom stereocenters. The highest BCUT2D eigenvalue weighted by molar-refractivity contribution is 7.89. The van der Waals surface area contributed by atoms with Gasteiger partial charge in [0, 0.05) is 19.7 Å². The van der Waals surface area contributed by atoms with E-state index in [1.165, 1.54) is 18.2 Å². The number of carboxylic acid groups (broad SMARTS) is 1. The zero-order valence-electron chi connectivity index (χ0n) is 14.5. The maximum atomic E-state index is 12.6. The molecule has 0 heterocycles. The van der Waals surface area contributed by atoms with Gasteiger partial charge in [0.2, 0.25) is 10.0 Å². The minimum Gasteiger partial charge on any atom is -0.478 e. The first kappa shape index (κ1) is 20.4. The van der Waals surface area contributed by atoms with Gasteiger partial charge < -0.3 is 15.2 Å². The van der Waals surface area contributed by atoms with Crippen molar-refractivity contribution < 1.29 is 23.1 Å². The molecule has 0 fully saturated rings. The summed E-state index contributed by atoms with van der Waals surface area (Å²) in [5.74, 6) is -0.817. The summed E-state index contributed by atoms with van der Waals surface area (Å²) in [6, 6.07) is 3.88. The summed E-state index contributed by atoms with van der Waals surface area (Å²) in [5, 5.41) is 12.2. The van der Waals surface area contributed by atoms with Crippen LogP contribution >= 0.6 is 0 Å². The average Bonchev–Trinajstić information content (AvgIpc) is 2.46. The lowest BCUT2D eigenvalue weighted by Gasteiger charge is -2.18. The molecule has 136 valence electrons. The number of methoxy groups -OCH3 is 1. The smallest absolute Gasteiger partial charge is 0.335 e. The summed E-state index contributed by atoms with van der Waals surface area (Å²) in [6.45, 7) is 6.53. The van der Waals surface area contributed by atoms with Gasteiger partial charge in [0.05, 0.1) is 17.9 Å². The highest BCUT2D eigenvalue weighted by Gasteiger charge is 2.21. The quantitative estimate of drug-likeness (QED) is 0.592. The maximum Gasteiger partial charge on any atom is 0.335 e. The fourth-order valence-electron chi connectivity index (χ4n) is 2.11. The van der Waals surface area contributed by atoms with Crippen molar-refractivity contribution >= 4 is 21.7 Å². The van der Waals surface area contributed by atoms with E-state index in [1.54, 1.807) is 7.11 Å². The lowest BCUT2D eigenvalue weighted by molar-refractivity contribution is 0.0696. The van der Waals surface area contributed by atoms with Gasteiger partial charge in [-0.3, -0.25) is 0 Å². The van der Waals surface area contributed by atoms with Gasteiger partial charge in [0.1, 0.15) is 4.90 Å². The summed E-state index contributed by atoms with van der Waals surface area (Å²) >= 11 is 0. The molecule has 0 saturated carbocycles. The van der Waals surface area contributed by atoms with Crippen LogP contribution in [0.1, 0.15) is 37.6 Å². The first-order chi connectivity index (χ1) is 11.2. The molecule has 1 atom stereocenters. The van der Waals surface area contributed by atoms with E-state index in [0.29, 0.717) is 31.2 Å². The molecule has 1 aromatic carbocycles. The number of carboxylic acids is 1. The molecule has 0 amide bonds. The van der Waals surface area contributed by atoms with Crippen LogP contribution in [-0.2, 0) is 14.8 Å². The summed E-state index contributed by atoms with van der Waals surface area (Å²) in [7, 11) is -2.27. The Morgan fingerprint density at radius 1 is 1.29 bits per heavy atom. The molecule has 24 heavy (non-hydrogen) atoms. The van der Waals surface area contributed by atoms with Gasteiger partial charge in [-0.2, -0.15) is 0 Å². The lowest BCUT2D eigenvalue weighted by atomic mass is 10.1. The molecule has 1 aromatic rings. The third-order valence-electron chi connectivity index (χ3n) is 3.35. The number of aromatic carboxylic acids is 1. The molecule has 0 radical (unpaired) electrons. The van der Waals surface area contributed by atoms with Crippen molar-refractivity contribution in [2.24, 2.45) is 5.92 Å². The van der Waals surface area contributed by atoms with E-state index in [2.05, 4.69) is 10.0 Å². The van der Waals surface area contributed by atoms with Crippen LogP contribution in [0.3, 0.4) is 0 Å². The number of sulfonamides is 1. The highest BCUT2D eigenvalue weighted by atomic mass is 32.2. The molecule has 0 bridgehead atoms. The van der Waals surface area contributed by atoms with Crippen molar-refractivity contribution in [2.45, 2.75) is 38.1 Å². The number of hydrogen-bond donors (Lipinski definition) is 3. The fourth-order valence-corrected chi connectivity index (χ4v) is 3.35. The van der Waals surface area contributed by atoms with Gasteiger partial charge in [-0.15, -0.1) is 0 Å². The zero-order valence-corrected chi connectivity index (χ0v) is 15.3. The Hall–Kier alpha value is -1.64. The van der Waals surface area contributed by atoms with Gasteiger partial charge in [-0.25, -0.2) is 17.9 Å². The summed E-state index contributed by atoms with van der Waals surface area (Å²) < 4.78 is 32.7. The fraction of sp³-hybridized carbons (Fsp3) is 0.562. The van der Waals surface area contributed by atoms with Crippen LogP contribution in [0.25, 0.3) is 0 Å². The summed E-state index contributed by atoms with van der Waals surface area (Å²) in [5.41, 5.74) is 0.269. The van der Waals surface area contributed by atoms with Crippen molar-refractivity contribution in [1.82, 2.24) is 4.72 Å². The van der Waals surface area contributed by atoms with E-state index in [0.717, 1.165) is 0 Å². The second kappa shape index (κ2) is 9.00. The van der Waals surface area contributed by atoms with Crippen molar-refractivity contribution in [1.29, 1.82) is 0 Å². The van der Waals surface area contributed by atoms with Crippen LogP contribution in [0.15, 0.2) is 23.1 Å². The Morgan fingerprint density at radius 2 is 1.96 bits per heavy atom. The van der Waals surface area contributed by atoms with E-state index >= 15 is 0 Å². The molecule has 8 heteroatoms. The molecule has 0 aliphatic heterocycles. The molecule has 0 aliphatic rings. The van der Waals surface area contributed by atoms with E-state index in [9.17, 15) is 13.2 Å². The summed E-state index contributed by atoms with van der Waals surface area (Å²) in [4.78, 5) is 11.1. The molecule has 1 rings (SSSR count). The Kier molecular flexibility index (Phi) is 7.65. The second-order valence-corrected chi connectivity index (χ2v) is 7.83. The average molecular weight is 358 g/mol. The second-order valence-electron chi connectivity index (χ2n) is 6.10. The number of nitrogens with one attached hydrogen (secondary N) is 2. The van der Waals surface area contributed by atoms with E-state index < -0.39 is 16.0 Å². The van der Waals surface area contributed by atoms with E-state index in [4.69, 9.17) is 9.84 Å². The predicted octanol–water partition coefficient (Wildman–Crippen LogP) is 2.16. The maximum absolute atomic E-state index is 12.6. The Balaban J connectivity index is 3.14. The van der Waals surface area contributed by atoms with Gasteiger partial charge in [0.15, 0.2) is 0 Å². The van der Waals surface area contributed by atoms with Crippen LogP contribution in [0.5, 0.6) is 0 Å². The van der Waals surface area contributed by atoms with Crippen LogP contribution in [0.2, 0.25) is 0 Å². The molecular weight excluding hydrogens is 332 g/mol. The standard InChI is InChI=1S/C16H26N2O5S/c1-11(2)7-8-17-24(21,22)15-9-13(16(19)20)5-6-14(15)18-12(3)10-23-4/h5-6,9,11-12,17-18H,7-8,10H2,1-4H3,(H,19,20)/t12-/m1/s1. The SMILES string of the molecule is COC[C@@H](C)Nc1ccc(C(=O)O)cc1S(=O)(=O)NCCC(C)C. The minimum absolute atomic E-state index is 0.0749. The van der Waals surface area contributed by atoms with Crippen molar-refractivity contribution in [3.8, 4) is 0 Å². The third-order valence-corrected chi connectivity index (χ3v) is 4.85. The molecule has 7 nitrogen and oxygen atoms in total. The van der Waals surface area contributed by atoms with Gasteiger partial charge >= 0.3 is 5.97 Å². The monoisotopic (exact) mass is 358 g/mol. The van der Waals surface area contributed by atoms with Gasteiger partial charge in [-0.1, -0.05) is 13.8 Å². The molecule has 3 N–H and O–H groups in total. The largest absolute Gasteiger partial charge is 0.478 e. The van der Waals surface area contributed by atoms with Gasteiger partial charge in [-0.05, 0) is 37.5 Å². The molecular formula is C16H26N2O5S. The molecule has 0 saturated heterocycles. The number of rotatable bonds is 10. The number of carbonyl (C=O) groups is 1. The number of anilines is 1. The first-order valence-electron chi connectivity index (χ1n) is 7.80.